The molecule has 15 heteroatoms. The number of likely N-dealkylation sites (N-methyl/N-ethyl adjacent to an activating group) is 1. The molecule has 53 heavy (non-hydrogen) atoms. The van der Waals surface area contributed by atoms with E-state index in [4.69, 9.17) is 33.2 Å². The highest BCUT2D eigenvalue weighted by Gasteiger charge is 2.54. The Morgan fingerprint density at radius 3 is 1.96 bits per heavy atom. The molecule has 14 nitrogen and oxygen atoms in total. The van der Waals surface area contributed by atoms with Gasteiger partial charge in [-0.3, -0.25) is 9.59 Å². The van der Waals surface area contributed by atoms with Crippen LogP contribution in [0.1, 0.15) is 94.9 Å². The number of ether oxygens (including phenoxy) is 7. The maximum absolute atomic E-state index is 14.2. The quantitative estimate of drug-likeness (QED) is 0.132. The fourth-order valence-corrected chi connectivity index (χ4v) is 8.67. The number of carbonyl (C=O) groups excluding carboxylic acids is 2. The Morgan fingerprint density at radius 1 is 0.849 bits per heavy atom. The second-order valence-electron chi connectivity index (χ2n) is 16.8. The maximum Gasteiger partial charge on any atom is 0.311 e. The number of aliphatic hydroxyl groups excluding tert-OH is 3. The number of hydrogen-bond donors (Lipinski definition) is 5. The van der Waals surface area contributed by atoms with Crippen LogP contribution in [0.3, 0.4) is 0 Å². The minimum Gasteiger partial charge on any atom is -0.813 e. The molecule has 0 aromatic carbocycles. The molecule has 0 aromatic heterocycles. The third-order valence-corrected chi connectivity index (χ3v) is 12.4. The van der Waals surface area contributed by atoms with Crippen molar-refractivity contribution in [3.8, 4) is 0 Å². The topological polar surface area (TPSA) is 184 Å². The Hall–Kier alpha value is -0.950. The molecule has 5 N–H and O–H groups in total. The molecule has 0 bridgehead atoms. The predicted octanol–water partition coefficient (Wildman–Crippen LogP) is 0.753. The monoisotopic (exact) mass is 781 g/mol. The first-order valence-corrected chi connectivity index (χ1v) is 19.0. The molecule has 0 aromatic rings. The van der Waals surface area contributed by atoms with Crippen LogP contribution in [0.15, 0.2) is 0 Å². The summed E-state index contributed by atoms with van der Waals surface area (Å²) in [6.45, 7) is 17.1. The first kappa shape index (κ1) is 48.2. The average molecular weight is 782 g/mol. The fourth-order valence-electron chi connectivity index (χ4n) is 8.67. The van der Waals surface area contributed by atoms with Gasteiger partial charge in [-0.15, -0.1) is 0 Å². The van der Waals surface area contributed by atoms with E-state index in [-0.39, 0.29) is 50.7 Å². The van der Waals surface area contributed by atoms with Crippen LogP contribution in [0.2, 0.25) is 0 Å². The molecular weight excluding hydrogens is 710 g/mol. The largest absolute Gasteiger partial charge is 0.813 e. The van der Waals surface area contributed by atoms with E-state index in [0.717, 1.165) is 4.90 Å². The lowest BCUT2D eigenvalue weighted by Gasteiger charge is -2.49. The third-order valence-electron chi connectivity index (χ3n) is 12.4. The number of aliphatic hydroxyl groups is 4. The van der Waals surface area contributed by atoms with Gasteiger partial charge in [0.2, 0.25) is 0 Å². The normalized spacial score (nSPS) is 48.1. The summed E-state index contributed by atoms with van der Waals surface area (Å²) in [6.07, 6.45) is -8.58. The summed E-state index contributed by atoms with van der Waals surface area (Å²) in [5, 5.41) is 45.6. The van der Waals surface area contributed by atoms with Crippen molar-refractivity contribution in [2.24, 2.45) is 23.7 Å². The van der Waals surface area contributed by atoms with E-state index in [1.807, 2.05) is 27.9 Å². The minimum absolute atomic E-state index is 0. The lowest BCUT2D eigenvalue weighted by Crippen LogP contribution is -3.12. The lowest BCUT2D eigenvalue weighted by atomic mass is 9.74. The predicted molar refractivity (Wildman–Crippen MR) is 199 cm³/mol. The van der Waals surface area contributed by atoms with Crippen molar-refractivity contribution >= 4 is 25.2 Å². The van der Waals surface area contributed by atoms with Gasteiger partial charge in [-0.05, 0) is 54.4 Å². The molecule has 3 fully saturated rings. The Labute approximate surface area is 323 Å². The number of rotatable bonds is 8. The zero-order valence-corrected chi connectivity index (χ0v) is 35.3. The highest BCUT2D eigenvalue weighted by atomic mass is 32.1. The fraction of sp³-hybridized carbons (Fsp3) is 0.947. The number of methoxy groups -OCH3 is 2. The highest BCUT2D eigenvalue weighted by molar-refractivity contribution is 7.37. The van der Waals surface area contributed by atoms with Crippen molar-refractivity contribution in [3.63, 3.8) is 0 Å². The molecule has 3 saturated heterocycles. The summed E-state index contributed by atoms with van der Waals surface area (Å²) >= 11 is 0. The number of ketones is 1. The number of carbonyl (C=O) groups is 2. The summed E-state index contributed by atoms with van der Waals surface area (Å²) in [5.74, 6) is -4.44. The number of cyclic esters (lactones) is 1. The van der Waals surface area contributed by atoms with Crippen LogP contribution in [0, 0.1) is 23.7 Å². The molecule has 0 radical (unpaired) electrons. The zero-order valence-electron chi connectivity index (χ0n) is 34.4. The number of esters is 1. The van der Waals surface area contributed by atoms with E-state index in [9.17, 15) is 30.0 Å². The first-order chi connectivity index (χ1) is 24.0. The Balaban J connectivity index is 0.00000972. The minimum atomic E-state index is -1.96. The molecule has 8 unspecified atom stereocenters. The molecule has 0 spiro atoms. The van der Waals surface area contributed by atoms with Crippen LogP contribution < -0.4 is 4.90 Å². The van der Waals surface area contributed by atoms with Crippen LogP contribution >= 0.6 is 0 Å². The summed E-state index contributed by atoms with van der Waals surface area (Å²) in [7, 11) is 6.94. The number of nitrogens with one attached hydrogen (secondary N) is 1. The Morgan fingerprint density at radius 2 is 1.43 bits per heavy atom. The molecular formula is C38H71NO13S. The summed E-state index contributed by atoms with van der Waals surface area (Å²) in [6, 6.07) is -0.200. The van der Waals surface area contributed by atoms with Crippen LogP contribution in [0.5, 0.6) is 0 Å². The molecule has 0 aliphatic carbocycles. The van der Waals surface area contributed by atoms with E-state index in [0.29, 0.717) is 6.42 Å². The summed E-state index contributed by atoms with van der Waals surface area (Å²) in [4.78, 5) is 29.2. The Bertz CT molecular complexity index is 1190. The van der Waals surface area contributed by atoms with Gasteiger partial charge in [0, 0.05) is 44.8 Å². The van der Waals surface area contributed by atoms with Crippen LogP contribution in [-0.2, 0) is 56.2 Å². The van der Waals surface area contributed by atoms with Gasteiger partial charge >= 0.3 is 5.97 Å². The van der Waals surface area contributed by atoms with E-state index >= 15 is 0 Å². The van der Waals surface area contributed by atoms with Crippen molar-refractivity contribution in [3.05, 3.63) is 0 Å². The van der Waals surface area contributed by atoms with Crippen molar-refractivity contribution in [1.29, 1.82) is 0 Å². The molecule has 18 atom stereocenters. The van der Waals surface area contributed by atoms with E-state index in [2.05, 4.69) is 0 Å². The van der Waals surface area contributed by atoms with Crippen LogP contribution in [-0.4, -0.2) is 145 Å². The zero-order chi connectivity index (χ0) is 39.7. The van der Waals surface area contributed by atoms with Crippen LogP contribution in [0.25, 0.3) is 0 Å². The van der Waals surface area contributed by atoms with E-state index in [1.54, 1.807) is 48.5 Å². The molecule has 3 rings (SSSR count). The highest BCUT2D eigenvalue weighted by Crippen LogP contribution is 2.41. The van der Waals surface area contributed by atoms with Gasteiger partial charge in [0.05, 0.1) is 61.7 Å². The van der Waals surface area contributed by atoms with Crippen molar-refractivity contribution in [2.75, 3.05) is 28.3 Å². The first-order valence-electron chi connectivity index (χ1n) is 19.0. The van der Waals surface area contributed by atoms with E-state index in [1.165, 1.54) is 21.1 Å². The van der Waals surface area contributed by atoms with Crippen molar-refractivity contribution in [1.82, 2.24) is 0 Å². The second-order valence-corrected chi connectivity index (χ2v) is 16.8. The van der Waals surface area contributed by atoms with Gasteiger partial charge in [-0.1, -0.05) is 27.7 Å². The standard InChI is InChI=1S/C38H69NO13.H2S/c1-15-26-38(10,45)31(42)21(4)28(40)19(2)17-37(9,47-14)33(52-35-29(41)25(39(11)12)16-20(3)48-35)22(5)30(23(6)34(44)50-26)51-27-18-36(8,46-13)32(43)24(7)49-27;/h19-27,29-33,35,41-43,45H,15-18H2,1-14H3;1H2/t19-,20?,21+,22+,23-,24?,25?,26-,27?,29?,30+,31-,32?,33-,35?,36?,37-,38-;/m1./s1. The number of quaternary nitrogens is 1. The molecule has 3 aliphatic heterocycles. The molecule has 0 amide bonds. The van der Waals surface area contributed by atoms with Crippen molar-refractivity contribution < 1.29 is 68.1 Å². The van der Waals surface area contributed by atoms with Gasteiger partial charge in [-0.25, -0.2) is 0 Å². The Kier molecular flexibility index (Phi) is 17.3. The van der Waals surface area contributed by atoms with Crippen LogP contribution in [0.4, 0.5) is 0 Å². The van der Waals surface area contributed by atoms with Gasteiger partial charge in [-0.2, -0.15) is 0 Å². The molecule has 312 valence electrons. The average Bonchev–Trinajstić information content (AvgIpc) is 3.09. The van der Waals surface area contributed by atoms with Gasteiger partial charge < -0.3 is 72.0 Å². The van der Waals surface area contributed by atoms with E-state index < -0.39 is 102 Å². The van der Waals surface area contributed by atoms with Gasteiger partial charge in [0.1, 0.15) is 29.6 Å². The number of thiol groups is 1. The molecule has 0 saturated carbocycles. The van der Waals surface area contributed by atoms with Gasteiger partial charge in [0.15, 0.2) is 18.7 Å². The third kappa shape index (κ3) is 10.3. The number of Topliss-reactive ketones (excluding diaryl/α,β-unsaturated/α-hetero) is 1. The molecule has 3 aliphatic rings. The molecule has 3 heterocycles. The smallest absolute Gasteiger partial charge is 0.311 e. The SMILES string of the molecule is CC[C@H]1OC(=O)[C@H](C)[C@@H](OC2CC(C)(OC)C(O)C(C)O2)[C@H](C)[C@@H](OC2OC(C)CC([NH+](C)C)C2O)[C@](C)(OC)C[C@@H](C)C(=O)[C@H](C)[C@@H](O)[C@]1(C)O.[SH-]. The maximum atomic E-state index is 14.2. The number of hydrogen-bond acceptors (Lipinski definition) is 14. The van der Waals surface area contributed by atoms with Gasteiger partial charge in [0.25, 0.3) is 0 Å². The summed E-state index contributed by atoms with van der Waals surface area (Å²) in [5.41, 5.74) is -4.23. The van der Waals surface area contributed by atoms with Crippen molar-refractivity contribution in [2.45, 2.75) is 179 Å². The second kappa shape index (κ2) is 19.0. The lowest BCUT2D eigenvalue weighted by molar-refractivity contribution is -0.893. The summed E-state index contributed by atoms with van der Waals surface area (Å²) < 4.78 is 43.9.